The minimum atomic E-state index is -1.40. The van der Waals surface area contributed by atoms with Crippen molar-refractivity contribution in [2.75, 3.05) is 21.3 Å². The monoisotopic (exact) mass is 400 g/mol. The van der Waals surface area contributed by atoms with Crippen molar-refractivity contribution in [2.24, 2.45) is 5.92 Å². The normalized spacial score (nSPS) is 11.5. The highest BCUT2D eigenvalue weighted by Crippen LogP contribution is 2.35. The molecule has 0 N–H and O–H groups in total. The van der Waals surface area contributed by atoms with E-state index in [0.29, 0.717) is 10.0 Å². The molecule has 7 nitrogen and oxygen atoms in total. The third-order valence-corrected chi connectivity index (χ3v) is 4.16. The summed E-state index contributed by atoms with van der Waals surface area (Å²) in [7, 11) is 3.32. The molecule has 1 aromatic carbocycles. The van der Waals surface area contributed by atoms with E-state index in [-0.39, 0.29) is 0 Å². The van der Waals surface area contributed by atoms with E-state index in [4.69, 9.17) is 0 Å². The largest absolute Gasteiger partial charge is 0.468 e. The van der Waals surface area contributed by atoms with E-state index in [0.717, 1.165) is 21.3 Å². The van der Waals surface area contributed by atoms with E-state index in [9.17, 15) is 19.2 Å². The van der Waals surface area contributed by atoms with Crippen molar-refractivity contribution in [1.29, 1.82) is 0 Å². The lowest BCUT2D eigenvalue weighted by atomic mass is 9.82. The van der Waals surface area contributed by atoms with Crippen LogP contribution in [0.2, 0.25) is 0 Å². The van der Waals surface area contributed by atoms with Gasteiger partial charge in [-0.3, -0.25) is 14.4 Å². The van der Waals surface area contributed by atoms with Gasteiger partial charge in [0.2, 0.25) is 5.78 Å². The average molecular weight is 401 g/mol. The predicted octanol–water partition coefficient (Wildman–Crippen LogP) is 1.63. The van der Waals surface area contributed by atoms with Gasteiger partial charge in [0.1, 0.15) is 0 Å². The van der Waals surface area contributed by atoms with Gasteiger partial charge in [-0.1, -0.05) is 34.1 Å². The lowest BCUT2D eigenvalue weighted by Crippen LogP contribution is -2.34. The number of ketones is 1. The van der Waals surface area contributed by atoms with Crippen molar-refractivity contribution >= 4 is 39.6 Å². The molecule has 0 radical (unpaired) electrons. The molecule has 130 valence electrons. The van der Waals surface area contributed by atoms with Crippen LogP contribution >= 0.6 is 15.9 Å². The molecule has 0 saturated carbocycles. The number of rotatable bonds is 7. The highest BCUT2D eigenvalue weighted by Gasteiger charge is 2.40. The lowest BCUT2D eigenvalue weighted by Gasteiger charge is -2.24. The Morgan fingerprint density at radius 2 is 1.50 bits per heavy atom. The van der Waals surface area contributed by atoms with Gasteiger partial charge >= 0.3 is 17.9 Å². The van der Waals surface area contributed by atoms with Gasteiger partial charge in [-0.05, 0) is 11.6 Å². The molecular formula is C16H17BrO7. The molecule has 1 unspecified atom stereocenters. The fourth-order valence-corrected chi connectivity index (χ4v) is 2.84. The van der Waals surface area contributed by atoms with Crippen molar-refractivity contribution in [3.05, 3.63) is 34.3 Å². The fraction of sp³-hybridized carbons (Fsp3) is 0.375. The summed E-state index contributed by atoms with van der Waals surface area (Å²) in [5.74, 6) is -5.99. The molecule has 0 aliphatic heterocycles. The van der Waals surface area contributed by atoms with Gasteiger partial charge in [-0.2, -0.15) is 0 Å². The highest BCUT2D eigenvalue weighted by molar-refractivity contribution is 9.10. The van der Waals surface area contributed by atoms with Gasteiger partial charge < -0.3 is 14.2 Å². The van der Waals surface area contributed by atoms with Crippen LogP contribution in [0.5, 0.6) is 0 Å². The van der Waals surface area contributed by atoms with Crippen LogP contribution in [0.1, 0.15) is 17.9 Å². The van der Waals surface area contributed by atoms with Gasteiger partial charge in [0.15, 0.2) is 5.92 Å². The zero-order chi connectivity index (χ0) is 18.3. The van der Waals surface area contributed by atoms with Gasteiger partial charge in [-0.15, -0.1) is 0 Å². The van der Waals surface area contributed by atoms with Crippen molar-refractivity contribution in [1.82, 2.24) is 0 Å². The molecule has 0 spiro atoms. The van der Waals surface area contributed by atoms with Crippen LogP contribution in [0.15, 0.2) is 28.7 Å². The Kier molecular flexibility index (Phi) is 7.57. The number of ether oxygens (including phenoxy) is 3. The van der Waals surface area contributed by atoms with Crippen LogP contribution in [0.3, 0.4) is 0 Å². The Bertz CT molecular complexity index is 625. The standard InChI is InChI=1S/C16H17BrO7/c1-22-14(19)12(18)8-10(9-6-4-5-7-11(9)17)13(15(20)23-2)16(21)24-3/h4-7,10,13H,8H2,1-3H3. The number of methoxy groups -OCH3 is 3. The third kappa shape index (κ3) is 4.64. The molecule has 0 aromatic heterocycles. The Labute approximate surface area is 147 Å². The first-order valence-corrected chi connectivity index (χ1v) is 7.67. The zero-order valence-corrected chi connectivity index (χ0v) is 15.0. The predicted molar refractivity (Wildman–Crippen MR) is 86.0 cm³/mol. The number of carbonyl (C=O) groups is 4. The van der Waals surface area contributed by atoms with Crippen LogP contribution in [0.25, 0.3) is 0 Å². The Balaban J connectivity index is 3.37. The van der Waals surface area contributed by atoms with Crippen molar-refractivity contribution < 1.29 is 33.4 Å². The SMILES string of the molecule is COC(=O)C(=O)CC(c1ccccc1Br)C(C(=O)OC)C(=O)OC. The number of esters is 3. The zero-order valence-electron chi connectivity index (χ0n) is 13.4. The number of hydrogen-bond acceptors (Lipinski definition) is 7. The molecule has 1 rings (SSSR count). The molecule has 0 bridgehead atoms. The Morgan fingerprint density at radius 3 is 1.96 bits per heavy atom. The van der Waals surface area contributed by atoms with E-state index in [1.165, 1.54) is 0 Å². The molecule has 0 heterocycles. The molecule has 0 amide bonds. The summed E-state index contributed by atoms with van der Waals surface area (Å²) in [6.45, 7) is 0. The summed E-state index contributed by atoms with van der Waals surface area (Å²) in [6.07, 6.45) is -0.413. The number of carbonyl (C=O) groups excluding carboxylic acids is 4. The Hall–Kier alpha value is -2.22. The molecule has 1 aromatic rings. The summed E-state index contributed by atoms with van der Waals surface area (Å²) in [5.41, 5.74) is 0.496. The second-order valence-corrected chi connectivity index (χ2v) is 5.63. The van der Waals surface area contributed by atoms with E-state index < -0.39 is 41.9 Å². The molecule has 0 fully saturated rings. The highest BCUT2D eigenvalue weighted by atomic mass is 79.9. The summed E-state index contributed by atoms with van der Waals surface area (Å²) < 4.78 is 14.3. The van der Waals surface area contributed by atoms with Crippen molar-refractivity contribution in [3.63, 3.8) is 0 Å². The smallest absolute Gasteiger partial charge is 0.374 e. The van der Waals surface area contributed by atoms with Crippen LogP contribution in [0.4, 0.5) is 0 Å². The maximum Gasteiger partial charge on any atom is 0.374 e. The molecule has 0 aliphatic rings. The molecular weight excluding hydrogens is 384 g/mol. The van der Waals surface area contributed by atoms with Gasteiger partial charge in [-0.25, -0.2) is 4.79 Å². The maximum absolute atomic E-state index is 12.1. The topological polar surface area (TPSA) is 96.0 Å². The molecule has 0 aliphatic carbocycles. The minimum absolute atomic E-state index is 0.413. The van der Waals surface area contributed by atoms with Crippen LogP contribution < -0.4 is 0 Å². The second kappa shape index (κ2) is 9.17. The summed E-state index contributed by atoms with van der Waals surface area (Å²) >= 11 is 3.32. The molecule has 0 saturated heterocycles. The first kappa shape index (κ1) is 19.8. The first-order valence-electron chi connectivity index (χ1n) is 6.88. The fourth-order valence-electron chi connectivity index (χ4n) is 2.26. The molecule has 24 heavy (non-hydrogen) atoms. The van der Waals surface area contributed by atoms with Gasteiger partial charge in [0, 0.05) is 16.8 Å². The van der Waals surface area contributed by atoms with Gasteiger partial charge in [0.05, 0.1) is 21.3 Å². The molecule has 8 heteroatoms. The van der Waals surface area contributed by atoms with Crippen LogP contribution in [-0.2, 0) is 33.4 Å². The second-order valence-electron chi connectivity index (χ2n) is 4.77. The van der Waals surface area contributed by atoms with E-state index >= 15 is 0 Å². The number of benzene rings is 1. The van der Waals surface area contributed by atoms with E-state index in [1.807, 2.05) is 0 Å². The van der Waals surface area contributed by atoms with Crippen LogP contribution in [0, 0.1) is 5.92 Å². The average Bonchev–Trinajstić information content (AvgIpc) is 2.60. The van der Waals surface area contributed by atoms with E-state index in [1.54, 1.807) is 24.3 Å². The molecule has 1 atom stereocenters. The van der Waals surface area contributed by atoms with Crippen LogP contribution in [-0.4, -0.2) is 45.0 Å². The summed E-state index contributed by atoms with van der Waals surface area (Å²) in [6, 6.07) is 6.74. The van der Waals surface area contributed by atoms with Crippen molar-refractivity contribution in [2.45, 2.75) is 12.3 Å². The quantitative estimate of drug-likeness (QED) is 0.297. The van der Waals surface area contributed by atoms with Gasteiger partial charge in [0.25, 0.3) is 0 Å². The number of Topliss-reactive ketones (excluding diaryl/α,β-unsaturated/α-hetero) is 1. The lowest BCUT2D eigenvalue weighted by molar-refractivity contribution is -0.161. The Morgan fingerprint density at radius 1 is 0.958 bits per heavy atom. The number of hydrogen-bond donors (Lipinski definition) is 0. The first-order chi connectivity index (χ1) is 11.4. The summed E-state index contributed by atoms with van der Waals surface area (Å²) in [5, 5.41) is 0. The summed E-state index contributed by atoms with van der Waals surface area (Å²) in [4.78, 5) is 47.6. The van der Waals surface area contributed by atoms with E-state index in [2.05, 4.69) is 30.1 Å². The minimum Gasteiger partial charge on any atom is -0.468 e. The number of halogens is 1. The van der Waals surface area contributed by atoms with Crippen molar-refractivity contribution in [3.8, 4) is 0 Å². The maximum atomic E-state index is 12.1. The third-order valence-electron chi connectivity index (χ3n) is 3.44.